The van der Waals surface area contributed by atoms with Crippen molar-refractivity contribution in [1.82, 2.24) is 0 Å². The predicted molar refractivity (Wildman–Crippen MR) is 54.6 cm³/mol. The zero-order valence-corrected chi connectivity index (χ0v) is 8.96. The fourth-order valence-electron chi connectivity index (χ4n) is 2.34. The van der Waals surface area contributed by atoms with Gasteiger partial charge in [0.15, 0.2) is 0 Å². The maximum atomic E-state index is 5.63. The summed E-state index contributed by atoms with van der Waals surface area (Å²) in [5.41, 5.74) is 0. The first-order valence-corrected chi connectivity index (χ1v) is 5.89. The molecule has 0 aromatic rings. The van der Waals surface area contributed by atoms with Crippen LogP contribution in [0.15, 0.2) is 0 Å². The summed E-state index contributed by atoms with van der Waals surface area (Å²) >= 11 is 0. The van der Waals surface area contributed by atoms with Crippen LogP contribution in [0, 0.1) is 17.8 Å². The lowest BCUT2D eigenvalue weighted by molar-refractivity contribution is 0.0641. The molecule has 2 aliphatic carbocycles. The molecule has 76 valence electrons. The maximum absolute atomic E-state index is 5.63. The third-order valence-corrected chi connectivity index (χ3v) is 3.36. The maximum Gasteiger partial charge on any atom is 0.0518 e. The molecule has 2 aliphatic rings. The third-order valence-electron chi connectivity index (χ3n) is 3.36. The molecule has 13 heavy (non-hydrogen) atoms. The number of ether oxygens (including phenoxy) is 1. The molecule has 2 rings (SSSR count). The molecule has 0 unspecified atom stereocenters. The topological polar surface area (TPSA) is 9.23 Å². The summed E-state index contributed by atoms with van der Waals surface area (Å²) in [6.45, 7) is 5.25. The first kappa shape index (κ1) is 9.51. The second kappa shape index (κ2) is 4.00. The van der Waals surface area contributed by atoms with Crippen molar-refractivity contribution in [2.24, 2.45) is 17.8 Å². The van der Waals surface area contributed by atoms with Crippen molar-refractivity contribution in [2.45, 2.75) is 52.1 Å². The van der Waals surface area contributed by atoms with Gasteiger partial charge in [-0.2, -0.15) is 0 Å². The largest absolute Gasteiger partial charge is 0.379 e. The fourth-order valence-corrected chi connectivity index (χ4v) is 2.34. The smallest absolute Gasteiger partial charge is 0.0518 e. The van der Waals surface area contributed by atoms with E-state index in [4.69, 9.17) is 4.74 Å². The molecule has 0 saturated heterocycles. The first-order valence-electron chi connectivity index (χ1n) is 5.89. The van der Waals surface area contributed by atoms with Crippen molar-refractivity contribution >= 4 is 0 Å². The van der Waals surface area contributed by atoms with Gasteiger partial charge in [-0.1, -0.05) is 0 Å². The molecule has 0 N–H and O–H groups in total. The van der Waals surface area contributed by atoms with E-state index in [1.165, 1.54) is 32.1 Å². The molecular formula is C12H22O. The van der Waals surface area contributed by atoms with Crippen molar-refractivity contribution < 1.29 is 4.74 Å². The van der Waals surface area contributed by atoms with E-state index in [9.17, 15) is 0 Å². The molecule has 0 aliphatic heterocycles. The lowest BCUT2D eigenvalue weighted by atomic mass is 9.95. The standard InChI is InChI=1S/C12H22O/c1-9(2)13-8-7-12(10-3-4-10)11-5-6-11/h9-12H,3-8H2,1-2H3. The molecule has 0 radical (unpaired) electrons. The Morgan fingerprint density at radius 3 is 2.00 bits per heavy atom. The molecule has 0 amide bonds. The van der Waals surface area contributed by atoms with E-state index in [-0.39, 0.29) is 0 Å². The summed E-state index contributed by atoms with van der Waals surface area (Å²) in [4.78, 5) is 0. The average molecular weight is 182 g/mol. The highest BCUT2D eigenvalue weighted by atomic mass is 16.5. The highest BCUT2D eigenvalue weighted by Gasteiger charge is 2.40. The van der Waals surface area contributed by atoms with Crippen molar-refractivity contribution in [3.63, 3.8) is 0 Å². The quantitative estimate of drug-likeness (QED) is 0.612. The Morgan fingerprint density at radius 1 is 1.08 bits per heavy atom. The van der Waals surface area contributed by atoms with Crippen LogP contribution in [0.3, 0.4) is 0 Å². The molecule has 0 aromatic heterocycles. The van der Waals surface area contributed by atoms with E-state index in [0.29, 0.717) is 6.10 Å². The fraction of sp³-hybridized carbons (Fsp3) is 1.00. The second-order valence-electron chi connectivity index (χ2n) is 5.05. The summed E-state index contributed by atoms with van der Waals surface area (Å²) in [5, 5.41) is 0. The van der Waals surface area contributed by atoms with Crippen molar-refractivity contribution in [2.75, 3.05) is 6.61 Å². The Bertz CT molecular complexity index is 145. The zero-order valence-electron chi connectivity index (χ0n) is 8.96. The van der Waals surface area contributed by atoms with Gasteiger partial charge in [-0.05, 0) is 63.7 Å². The van der Waals surface area contributed by atoms with Gasteiger partial charge in [-0.25, -0.2) is 0 Å². The Labute approximate surface area is 81.9 Å². The van der Waals surface area contributed by atoms with E-state index in [0.717, 1.165) is 24.4 Å². The number of rotatable bonds is 6. The van der Waals surface area contributed by atoms with Crippen LogP contribution < -0.4 is 0 Å². The third kappa shape index (κ3) is 2.98. The molecule has 0 bridgehead atoms. The second-order valence-corrected chi connectivity index (χ2v) is 5.05. The summed E-state index contributed by atoms with van der Waals surface area (Å²) in [6, 6.07) is 0. The molecule has 1 heteroatoms. The van der Waals surface area contributed by atoms with Gasteiger partial charge >= 0.3 is 0 Å². The Kier molecular flexibility index (Phi) is 2.92. The lowest BCUT2D eigenvalue weighted by Crippen LogP contribution is -2.12. The van der Waals surface area contributed by atoms with Crippen LogP contribution >= 0.6 is 0 Å². The van der Waals surface area contributed by atoms with Gasteiger partial charge < -0.3 is 4.74 Å². The Morgan fingerprint density at radius 2 is 1.62 bits per heavy atom. The Balaban J connectivity index is 1.64. The minimum absolute atomic E-state index is 0.416. The SMILES string of the molecule is CC(C)OCCC(C1CC1)C1CC1. The van der Waals surface area contributed by atoms with Crippen LogP contribution in [0.1, 0.15) is 46.0 Å². The molecular weight excluding hydrogens is 160 g/mol. The molecule has 2 saturated carbocycles. The van der Waals surface area contributed by atoms with E-state index < -0.39 is 0 Å². The normalized spacial score (nSPS) is 23.1. The van der Waals surface area contributed by atoms with Crippen LogP contribution in [0.2, 0.25) is 0 Å². The van der Waals surface area contributed by atoms with Crippen molar-refractivity contribution in [3.05, 3.63) is 0 Å². The van der Waals surface area contributed by atoms with Crippen LogP contribution in [0.5, 0.6) is 0 Å². The van der Waals surface area contributed by atoms with Gasteiger partial charge in [0.05, 0.1) is 6.10 Å². The van der Waals surface area contributed by atoms with E-state index in [1.54, 1.807) is 0 Å². The highest BCUT2D eigenvalue weighted by molar-refractivity contribution is 4.91. The van der Waals surface area contributed by atoms with Gasteiger partial charge in [0.25, 0.3) is 0 Å². The summed E-state index contributed by atoms with van der Waals surface area (Å²) in [5.74, 6) is 3.20. The van der Waals surface area contributed by atoms with Gasteiger partial charge in [0, 0.05) is 6.61 Å². The van der Waals surface area contributed by atoms with Crippen LogP contribution in [-0.2, 0) is 4.74 Å². The molecule has 0 spiro atoms. The van der Waals surface area contributed by atoms with E-state index >= 15 is 0 Å². The molecule has 0 atom stereocenters. The van der Waals surface area contributed by atoms with Gasteiger partial charge in [-0.15, -0.1) is 0 Å². The van der Waals surface area contributed by atoms with Crippen LogP contribution in [-0.4, -0.2) is 12.7 Å². The minimum atomic E-state index is 0.416. The van der Waals surface area contributed by atoms with Crippen molar-refractivity contribution in [3.8, 4) is 0 Å². The summed E-state index contributed by atoms with van der Waals surface area (Å²) < 4.78 is 5.63. The van der Waals surface area contributed by atoms with E-state index in [1.807, 2.05) is 0 Å². The van der Waals surface area contributed by atoms with Gasteiger partial charge in [-0.3, -0.25) is 0 Å². The summed E-state index contributed by atoms with van der Waals surface area (Å²) in [6.07, 6.45) is 7.75. The molecule has 0 heterocycles. The van der Waals surface area contributed by atoms with Crippen molar-refractivity contribution in [1.29, 1.82) is 0 Å². The summed E-state index contributed by atoms with van der Waals surface area (Å²) in [7, 11) is 0. The van der Waals surface area contributed by atoms with Crippen LogP contribution in [0.4, 0.5) is 0 Å². The van der Waals surface area contributed by atoms with Gasteiger partial charge in [0.1, 0.15) is 0 Å². The number of hydrogen-bond donors (Lipinski definition) is 0. The molecule has 0 aromatic carbocycles. The zero-order chi connectivity index (χ0) is 9.26. The van der Waals surface area contributed by atoms with Gasteiger partial charge in [0.2, 0.25) is 0 Å². The van der Waals surface area contributed by atoms with E-state index in [2.05, 4.69) is 13.8 Å². The first-order chi connectivity index (χ1) is 6.27. The predicted octanol–water partition coefficient (Wildman–Crippen LogP) is 3.24. The monoisotopic (exact) mass is 182 g/mol. The average Bonchev–Trinajstić information content (AvgIpc) is 2.89. The molecule has 1 nitrogen and oxygen atoms in total. The number of hydrogen-bond acceptors (Lipinski definition) is 1. The minimum Gasteiger partial charge on any atom is -0.379 e. The lowest BCUT2D eigenvalue weighted by Gasteiger charge is -2.16. The Hall–Kier alpha value is -0.0400. The highest BCUT2D eigenvalue weighted by Crippen LogP contribution is 2.50. The molecule has 2 fully saturated rings. The van der Waals surface area contributed by atoms with Crippen LogP contribution in [0.25, 0.3) is 0 Å².